The van der Waals surface area contributed by atoms with Gasteiger partial charge in [-0.3, -0.25) is 9.69 Å². The van der Waals surface area contributed by atoms with E-state index in [4.69, 9.17) is 27.9 Å². The summed E-state index contributed by atoms with van der Waals surface area (Å²) in [6.07, 6.45) is 0. The van der Waals surface area contributed by atoms with Crippen molar-refractivity contribution in [2.75, 3.05) is 32.8 Å². The molecule has 1 heterocycles. The van der Waals surface area contributed by atoms with Gasteiger partial charge >= 0.3 is 0 Å². The summed E-state index contributed by atoms with van der Waals surface area (Å²) in [7, 11) is 0. The molecule has 6 heteroatoms. The van der Waals surface area contributed by atoms with Crippen LogP contribution in [-0.4, -0.2) is 48.5 Å². The summed E-state index contributed by atoms with van der Waals surface area (Å²) in [5.74, 6) is 0.619. The van der Waals surface area contributed by atoms with E-state index in [1.165, 1.54) is 5.56 Å². The first-order valence-corrected chi connectivity index (χ1v) is 8.99. The largest absolute Gasteiger partial charge is 0.484 e. The van der Waals surface area contributed by atoms with Crippen LogP contribution in [0.5, 0.6) is 5.75 Å². The number of amides is 1. The SMILES string of the molecule is O=C(COc1cccc(Cl)c1)N1CCN(Cc2ccc(Cl)cc2)CC1. The van der Waals surface area contributed by atoms with Crippen molar-refractivity contribution in [1.29, 1.82) is 0 Å². The smallest absolute Gasteiger partial charge is 0.260 e. The van der Waals surface area contributed by atoms with Crippen molar-refractivity contribution in [2.45, 2.75) is 6.54 Å². The molecule has 3 rings (SSSR count). The number of rotatable bonds is 5. The van der Waals surface area contributed by atoms with Crippen LogP contribution in [-0.2, 0) is 11.3 Å². The predicted octanol–water partition coefficient (Wildman–Crippen LogP) is 3.72. The molecule has 0 bridgehead atoms. The Kier molecular flexibility index (Phi) is 6.19. The third-order valence-electron chi connectivity index (χ3n) is 4.20. The quantitative estimate of drug-likeness (QED) is 0.794. The lowest BCUT2D eigenvalue weighted by Crippen LogP contribution is -2.49. The maximum absolute atomic E-state index is 12.3. The van der Waals surface area contributed by atoms with Crippen molar-refractivity contribution in [3.8, 4) is 5.75 Å². The number of carbonyl (C=O) groups is 1. The van der Waals surface area contributed by atoms with Gasteiger partial charge in [0.15, 0.2) is 6.61 Å². The molecule has 0 aromatic heterocycles. The molecular weight excluding hydrogens is 359 g/mol. The molecule has 0 saturated carbocycles. The van der Waals surface area contributed by atoms with Crippen molar-refractivity contribution in [2.24, 2.45) is 0 Å². The van der Waals surface area contributed by atoms with Gasteiger partial charge in [-0.15, -0.1) is 0 Å². The van der Waals surface area contributed by atoms with Crippen LogP contribution in [0.4, 0.5) is 0 Å². The second-order valence-electron chi connectivity index (χ2n) is 6.03. The van der Waals surface area contributed by atoms with Gasteiger partial charge in [0.25, 0.3) is 5.91 Å². The minimum atomic E-state index is 0.00567. The van der Waals surface area contributed by atoms with Gasteiger partial charge in [0.05, 0.1) is 0 Å². The summed E-state index contributed by atoms with van der Waals surface area (Å²) < 4.78 is 5.53. The summed E-state index contributed by atoms with van der Waals surface area (Å²) in [4.78, 5) is 16.5. The highest BCUT2D eigenvalue weighted by Gasteiger charge is 2.21. The second kappa shape index (κ2) is 8.56. The van der Waals surface area contributed by atoms with E-state index in [1.807, 2.05) is 29.2 Å². The Morgan fingerprint density at radius 3 is 2.36 bits per heavy atom. The average Bonchev–Trinajstić information content (AvgIpc) is 2.62. The van der Waals surface area contributed by atoms with Crippen molar-refractivity contribution >= 4 is 29.1 Å². The molecule has 25 heavy (non-hydrogen) atoms. The van der Waals surface area contributed by atoms with E-state index >= 15 is 0 Å². The maximum atomic E-state index is 12.3. The van der Waals surface area contributed by atoms with E-state index < -0.39 is 0 Å². The lowest BCUT2D eigenvalue weighted by molar-refractivity contribution is -0.135. The molecule has 132 valence electrons. The average molecular weight is 379 g/mol. The fraction of sp³-hybridized carbons (Fsp3) is 0.316. The Morgan fingerprint density at radius 2 is 1.68 bits per heavy atom. The molecule has 1 fully saturated rings. The van der Waals surface area contributed by atoms with Gasteiger partial charge in [-0.2, -0.15) is 0 Å². The molecule has 2 aromatic carbocycles. The lowest BCUT2D eigenvalue weighted by atomic mass is 10.2. The van der Waals surface area contributed by atoms with E-state index in [0.717, 1.165) is 24.7 Å². The Balaban J connectivity index is 1.43. The van der Waals surface area contributed by atoms with Gasteiger partial charge in [-0.25, -0.2) is 0 Å². The number of nitrogens with zero attached hydrogens (tertiary/aromatic N) is 2. The Morgan fingerprint density at radius 1 is 0.960 bits per heavy atom. The number of hydrogen-bond donors (Lipinski definition) is 0. The Labute approximate surface area is 157 Å². The van der Waals surface area contributed by atoms with Crippen LogP contribution in [0.15, 0.2) is 48.5 Å². The number of halogens is 2. The molecule has 0 spiro atoms. The first-order chi connectivity index (χ1) is 12.1. The van der Waals surface area contributed by atoms with E-state index in [2.05, 4.69) is 4.90 Å². The van der Waals surface area contributed by atoms with Crippen LogP contribution in [0, 0.1) is 0 Å². The molecule has 0 atom stereocenters. The third-order valence-corrected chi connectivity index (χ3v) is 4.69. The summed E-state index contributed by atoms with van der Waals surface area (Å²) in [5, 5.41) is 1.35. The molecule has 0 unspecified atom stereocenters. The fourth-order valence-corrected chi connectivity index (χ4v) is 3.10. The molecule has 0 aliphatic carbocycles. The zero-order valence-electron chi connectivity index (χ0n) is 13.8. The van der Waals surface area contributed by atoms with Crippen molar-refractivity contribution in [3.05, 3.63) is 64.1 Å². The summed E-state index contributed by atoms with van der Waals surface area (Å²) in [6.45, 7) is 4.05. The van der Waals surface area contributed by atoms with E-state index in [0.29, 0.717) is 23.9 Å². The third kappa shape index (κ3) is 5.36. The Hall–Kier alpha value is -1.75. The van der Waals surface area contributed by atoms with E-state index in [-0.39, 0.29) is 12.5 Å². The molecule has 1 aliphatic heterocycles. The number of carbonyl (C=O) groups excluding carboxylic acids is 1. The van der Waals surface area contributed by atoms with Crippen LogP contribution in [0.25, 0.3) is 0 Å². The van der Waals surface area contributed by atoms with Crippen molar-refractivity contribution in [3.63, 3.8) is 0 Å². The monoisotopic (exact) mass is 378 g/mol. The van der Waals surface area contributed by atoms with Gasteiger partial charge in [-0.1, -0.05) is 41.4 Å². The molecule has 2 aromatic rings. The zero-order valence-corrected chi connectivity index (χ0v) is 15.3. The van der Waals surface area contributed by atoms with Gasteiger partial charge < -0.3 is 9.64 Å². The molecule has 1 aliphatic rings. The first kappa shape index (κ1) is 18.1. The van der Waals surface area contributed by atoms with Crippen molar-refractivity contribution in [1.82, 2.24) is 9.80 Å². The van der Waals surface area contributed by atoms with Gasteiger partial charge in [0.1, 0.15) is 5.75 Å². The molecule has 1 saturated heterocycles. The summed E-state index contributed by atoms with van der Waals surface area (Å²) in [6, 6.07) is 15.0. The number of ether oxygens (including phenoxy) is 1. The topological polar surface area (TPSA) is 32.8 Å². The van der Waals surface area contributed by atoms with E-state index in [1.54, 1.807) is 24.3 Å². The van der Waals surface area contributed by atoms with E-state index in [9.17, 15) is 4.79 Å². The number of piperazine rings is 1. The highest BCUT2D eigenvalue weighted by Crippen LogP contribution is 2.17. The van der Waals surface area contributed by atoms with Crippen LogP contribution in [0.2, 0.25) is 10.0 Å². The van der Waals surface area contributed by atoms with Crippen LogP contribution in [0.1, 0.15) is 5.56 Å². The van der Waals surface area contributed by atoms with Crippen molar-refractivity contribution < 1.29 is 9.53 Å². The second-order valence-corrected chi connectivity index (χ2v) is 6.90. The first-order valence-electron chi connectivity index (χ1n) is 8.23. The molecule has 0 radical (unpaired) electrons. The van der Waals surface area contributed by atoms with Crippen LogP contribution < -0.4 is 4.74 Å². The van der Waals surface area contributed by atoms with Gasteiger partial charge in [0, 0.05) is 42.8 Å². The summed E-state index contributed by atoms with van der Waals surface area (Å²) >= 11 is 11.8. The highest BCUT2D eigenvalue weighted by molar-refractivity contribution is 6.30. The Bertz CT molecular complexity index is 714. The minimum absolute atomic E-state index is 0.00567. The molecule has 0 N–H and O–H groups in total. The highest BCUT2D eigenvalue weighted by atomic mass is 35.5. The fourth-order valence-electron chi connectivity index (χ4n) is 2.80. The zero-order chi connectivity index (χ0) is 17.6. The molecule has 1 amide bonds. The maximum Gasteiger partial charge on any atom is 0.260 e. The minimum Gasteiger partial charge on any atom is -0.484 e. The standard InChI is InChI=1S/C19H20Cl2N2O2/c20-16-6-4-15(5-7-16)13-22-8-10-23(11-9-22)19(24)14-25-18-3-1-2-17(21)12-18/h1-7,12H,8-11,13-14H2. The normalized spacial score (nSPS) is 15.2. The van der Waals surface area contributed by atoms with Gasteiger partial charge in [0.2, 0.25) is 0 Å². The molecular formula is C19H20Cl2N2O2. The van der Waals surface area contributed by atoms with Crippen LogP contribution >= 0.6 is 23.2 Å². The number of hydrogen-bond acceptors (Lipinski definition) is 3. The predicted molar refractivity (Wildman–Crippen MR) is 100 cm³/mol. The molecule has 4 nitrogen and oxygen atoms in total. The summed E-state index contributed by atoms with van der Waals surface area (Å²) in [5.41, 5.74) is 1.23. The van der Waals surface area contributed by atoms with Crippen LogP contribution in [0.3, 0.4) is 0 Å². The number of benzene rings is 2. The lowest BCUT2D eigenvalue weighted by Gasteiger charge is -2.34. The van der Waals surface area contributed by atoms with Gasteiger partial charge in [-0.05, 0) is 35.9 Å².